The maximum absolute atomic E-state index is 2.61. The van der Waals surface area contributed by atoms with E-state index in [1.807, 2.05) is 0 Å². The van der Waals surface area contributed by atoms with Gasteiger partial charge in [0.15, 0.2) is 0 Å². The molecule has 68 heavy (non-hydrogen) atoms. The molecule has 0 bridgehead atoms. The lowest BCUT2D eigenvalue weighted by atomic mass is 9.58. The SMILES string of the molecule is c1ccc2c(c1)C1c3c4c5c6c7c(c8c9c1c1c%10c3c3c5c5c%11c6c6c%12c7c7c8c8c9c9c1c1c%13c%10c%10c3c5c3c5c%10c%13c%10c%13c1c9c1c8c8c7c%12c7c9c6c%11c3c3c5c%10c5c%13c1c8c7c5c93)C24. The first-order chi connectivity index (χ1) is 34.0. The summed E-state index contributed by atoms with van der Waals surface area (Å²) in [6.45, 7) is 0. The summed E-state index contributed by atoms with van der Waals surface area (Å²) in [5.41, 5.74) is 10.1. The Bertz CT molecular complexity index is 7250. The summed E-state index contributed by atoms with van der Waals surface area (Å²) < 4.78 is 0. The van der Waals surface area contributed by atoms with Crippen molar-refractivity contribution in [3.05, 3.63) is 57.6 Å². The van der Waals surface area contributed by atoms with Crippen LogP contribution in [0.25, 0.3) is 302 Å². The Morgan fingerprint density at radius 3 is 0.426 bits per heavy atom. The average molecular weight is 823 g/mol. The largest absolute Gasteiger partial charge is 0.0619 e. The minimum atomic E-state index is 0.221. The van der Waals surface area contributed by atoms with Crippen LogP contribution in [0.15, 0.2) is 24.3 Å². The Morgan fingerprint density at radius 1 is 0.132 bits per heavy atom. The van der Waals surface area contributed by atoms with Crippen molar-refractivity contribution in [1.29, 1.82) is 0 Å². The molecule has 0 aromatic heterocycles. The van der Waals surface area contributed by atoms with E-state index < -0.39 is 0 Å². The second kappa shape index (κ2) is 5.48. The van der Waals surface area contributed by atoms with Crippen LogP contribution in [0, 0.1) is 0 Å². The van der Waals surface area contributed by atoms with E-state index in [0.717, 1.165) is 0 Å². The number of hydrogen-bond acceptors (Lipinski definition) is 0. The van der Waals surface area contributed by atoms with E-state index in [4.69, 9.17) is 0 Å². The standard InChI is InChI=1S/C68H6/c1-2-4-6-5(3-1)7-9-10-8(6)12-16-15-11(7)17-19-13(9)21-22-14(10)20-18(12)26-31-24(16)29-23(15)30-25(17)34-38-27(19)36-32(21)43-33(22)37-28(20)39-35(26)45-42(31)51-40(29)50-41(30)44(34)53-57-48(38)46(36)55-52(43)56-47(37)49(39)58-54(45)62-60(51)59(50)61(53)67-65(57)63(55)64(56)66(58)68(62)67/h1-4,7-8H. The average Bonchev–Trinajstić information content (AvgIpc) is 4.23. The van der Waals surface area contributed by atoms with Gasteiger partial charge in [-0.15, -0.1) is 0 Å². The quantitative estimate of drug-likeness (QED) is 0.134. The van der Waals surface area contributed by atoms with Crippen molar-refractivity contribution in [3.63, 3.8) is 0 Å². The first-order valence-corrected chi connectivity index (χ1v) is 25.6. The highest BCUT2D eigenvalue weighted by Gasteiger charge is 2.54. The summed E-state index contributed by atoms with van der Waals surface area (Å²) in [5.74, 6) is 0.442. The monoisotopic (exact) mass is 822 g/mol. The zero-order valence-electron chi connectivity index (χ0n) is 34.5. The van der Waals surface area contributed by atoms with Gasteiger partial charge in [-0.05, 0) is 335 Å². The second-order valence-electron chi connectivity index (χ2n) is 25.1. The van der Waals surface area contributed by atoms with Crippen molar-refractivity contribution in [3.8, 4) is 0 Å². The third-order valence-electron chi connectivity index (χ3n) is 24.9. The van der Waals surface area contributed by atoms with Crippen molar-refractivity contribution in [2.75, 3.05) is 0 Å². The first-order valence-electron chi connectivity index (χ1n) is 25.6. The van der Waals surface area contributed by atoms with Crippen LogP contribution in [0.5, 0.6) is 0 Å². The van der Waals surface area contributed by atoms with Gasteiger partial charge in [0.1, 0.15) is 0 Å². The van der Waals surface area contributed by atoms with E-state index in [1.54, 1.807) is 335 Å². The van der Waals surface area contributed by atoms with Gasteiger partial charge >= 0.3 is 0 Å². The highest BCUT2D eigenvalue weighted by atomic mass is 14.6. The molecule has 0 heterocycles. The zero-order valence-corrected chi connectivity index (χ0v) is 34.5. The van der Waals surface area contributed by atoms with E-state index in [-0.39, 0.29) is 11.8 Å². The van der Waals surface area contributed by atoms with Crippen LogP contribution in [0.4, 0.5) is 0 Å². The number of hydrogen-bond donors (Lipinski definition) is 0. The van der Waals surface area contributed by atoms with Gasteiger partial charge in [-0.25, -0.2) is 0 Å². The van der Waals surface area contributed by atoms with Gasteiger partial charge < -0.3 is 0 Å². The molecule has 0 N–H and O–H groups in total. The zero-order chi connectivity index (χ0) is 39.8. The van der Waals surface area contributed by atoms with E-state index >= 15 is 0 Å². The first kappa shape index (κ1) is 24.3. The van der Waals surface area contributed by atoms with Crippen molar-refractivity contribution in [1.82, 2.24) is 0 Å². The lowest BCUT2D eigenvalue weighted by Gasteiger charge is -2.44. The van der Waals surface area contributed by atoms with Gasteiger partial charge in [0.05, 0.1) is 0 Å². The third kappa shape index (κ3) is 1.28. The van der Waals surface area contributed by atoms with Crippen LogP contribution in [0.2, 0.25) is 0 Å². The third-order valence-corrected chi connectivity index (χ3v) is 24.9. The molecule has 30 aromatic carbocycles. The molecule has 0 saturated carbocycles. The van der Waals surface area contributed by atoms with Gasteiger partial charge in [-0.2, -0.15) is 0 Å². The maximum Gasteiger partial charge on any atom is 0.0365 e. The summed E-state index contributed by atoms with van der Waals surface area (Å²) in [6, 6.07) is 10.1. The van der Waals surface area contributed by atoms with Crippen LogP contribution in [0.1, 0.15) is 45.2 Å². The van der Waals surface area contributed by atoms with E-state index in [1.165, 1.54) is 0 Å². The highest BCUT2D eigenvalue weighted by Crippen LogP contribution is 2.81. The Balaban J connectivity index is 1.25. The molecule has 30 aromatic rings. The summed E-state index contributed by atoms with van der Waals surface area (Å²) in [4.78, 5) is 0. The van der Waals surface area contributed by atoms with Crippen LogP contribution in [-0.2, 0) is 0 Å². The molecule has 3 aliphatic rings. The molecule has 0 aliphatic heterocycles. The van der Waals surface area contributed by atoms with Gasteiger partial charge in [0, 0.05) is 11.8 Å². The number of benzene rings is 20. The van der Waals surface area contributed by atoms with Gasteiger partial charge in [0.25, 0.3) is 0 Å². The van der Waals surface area contributed by atoms with Crippen LogP contribution >= 0.6 is 0 Å². The van der Waals surface area contributed by atoms with Crippen molar-refractivity contribution < 1.29 is 0 Å². The van der Waals surface area contributed by atoms with Crippen molar-refractivity contribution in [2.45, 2.75) is 11.8 Å². The molecule has 0 nitrogen and oxygen atoms in total. The highest BCUT2D eigenvalue weighted by molar-refractivity contribution is 6.82. The van der Waals surface area contributed by atoms with E-state index in [9.17, 15) is 0 Å². The molecule has 278 valence electrons. The van der Waals surface area contributed by atoms with E-state index in [0.29, 0.717) is 0 Å². The van der Waals surface area contributed by atoms with Gasteiger partial charge in [-0.3, -0.25) is 0 Å². The molecular weight excluding hydrogens is 817 g/mol. The van der Waals surface area contributed by atoms with E-state index in [2.05, 4.69) is 24.3 Å². The molecule has 0 fully saturated rings. The minimum Gasteiger partial charge on any atom is -0.0619 e. The summed E-state index contributed by atoms with van der Waals surface area (Å²) in [6.07, 6.45) is 0. The van der Waals surface area contributed by atoms with Crippen LogP contribution < -0.4 is 0 Å². The predicted molar refractivity (Wildman–Crippen MR) is 289 cm³/mol. The fourth-order valence-corrected chi connectivity index (χ4v) is 24.8. The molecule has 3 aliphatic carbocycles. The topological polar surface area (TPSA) is 0 Å². The molecular formula is C68H6. The Kier molecular flexibility index (Phi) is 1.96. The van der Waals surface area contributed by atoms with Crippen LogP contribution in [0.3, 0.4) is 0 Å². The molecule has 2 unspecified atom stereocenters. The number of fused-ring (bicyclic) bond motifs is 8. The molecule has 0 spiro atoms. The fourth-order valence-electron chi connectivity index (χ4n) is 24.8. The maximum atomic E-state index is 2.61. The lowest BCUT2D eigenvalue weighted by Crippen LogP contribution is -2.26. The summed E-state index contributed by atoms with van der Waals surface area (Å²) in [5, 5.41) is 93.4. The lowest BCUT2D eigenvalue weighted by molar-refractivity contribution is 0.847. The molecule has 33 rings (SSSR count). The van der Waals surface area contributed by atoms with Crippen molar-refractivity contribution >= 4 is 302 Å². The molecule has 0 amide bonds. The number of rotatable bonds is 0. The normalized spacial score (nSPS) is 20.1. The minimum absolute atomic E-state index is 0.221. The second-order valence-corrected chi connectivity index (χ2v) is 25.1. The van der Waals surface area contributed by atoms with Crippen molar-refractivity contribution in [2.24, 2.45) is 0 Å². The summed E-state index contributed by atoms with van der Waals surface area (Å²) in [7, 11) is 0. The molecule has 0 saturated heterocycles. The Labute approximate surface area is 369 Å². The molecule has 2 atom stereocenters. The smallest absolute Gasteiger partial charge is 0.0365 e. The van der Waals surface area contributed by atoms with Crippen LogP contribution in [-0.4, -0.2) is 0 Å². The van der Waals surface area contributed by atoms with Gasteiger partial charge in [0.2, 0.25) is 0 Å². The predicted octanol–water partition coefficient (Wildman–Crippen LogP) is 19.0. The Hall–Kier alpha value is -8.58. The van der Waals surface area contributed by atoms with Gasteiger partial charge in [-0.1, -0.05) is 24.3 Å². The molecule has 0 radical (unpaired) electrons. The fraction of sp³-hybridized carbons (Fsp3) is 0.0294. The Morgan fingerprint density at radius 2 is 0.250 bits per heavy atom. The summed E-state index contributed by atoms with van der Waals surface area (Å²) >= 11 is 0. The molecule has 0 heteroatoms.